The maximum Gasteiger partial charge on any atom is 0.262 e. The molecule has 2 heterocycles. The van der Waals surface area contributed by atoms with Crippen molar-refractivity contribution in [2.45, 2.75) is 25.7 Å². The van der Waals surface area contributed by atoms with Crippen molar-refractivity contribution in [1.29, 1.82) is 0 Å². The summed E-state index contributed by atoms with van der Waals surface area (Å²) < 4.78 is 41.2. The van der Waals surface area contributed by atoms with E-state index in [-0.39, 0.29) is 4.90 Å². The highest BCUT2D eigenvalue weighted by atomic mass is 32.2. The third kappa shape index (κ3) is 5.65. The number of hydrogen-bond donors (Lipinski definition) is 3. The Balaban J connectivity index is 1.48. The quantitative estimate of drug-likeness (QED) is 0.334. The molecule has 4 rings (SSSR count). The second-order valence-corrected chi connectivity index (χ2v) is 9.40. The van der Waals surface area contributed by atoms with Gasteiger partial charge in [0, 0.05) is 23.6 Å². The molecule has 0 spiro atoms. The molecule has 0 amide bonds. The third-order valence-electron chi connectivity index (χ3n) is 4.85. The van der Waals surface area contributed by atoms with Crippen LogP contribution < -0.4 is 15.4 Å². The number of sulfonamides is 1. The van der Waals surface area contributed by atoms with Crippen molar-refractivity contribution in [2.24, 2.45) is 0 Å². The Labute approximate surface area is 197 Å². The molecule has 4 aromatic rings. The van der Waals surface area contributed by atoms with E-state index >= 15 is 0 Å². The first-order chi connectivity index (χ1) is 16.2. The van der Waals surface area contributed by atoms with Gasteiger partial charge in [0.05, 0.1) is 4.90 Å². The molecule has 0 aliphatic heterocycles. The van der Waals surface area contributed by atoms with Gasteiger partial charge in [0.1, 0.15) is 29.1 Å². The van der Waals surface area contributed by atoms with Crippen LogP contribution in [-0.4, -0.2) is 23.4 Å². The number of benzene rings is 2. The fourth-order valence-electron chi connectivity index (χ4n) is 3.33. The molecule has 10 heteroatoms. The maximum absolute atomic E-state index is 13.3. The molecule has 0 aliphatic carbocycles. The zero-order chi connectivity index (χ0) is 24.3. The largest absolute Gasteiger partial charge is 0.340 e. The molecular formula is C24H23FN6O2S. The standard InChI is InChI=1S/C24H23FN6O2S/c1-15-10-11-26-22(12-15)30-24-14-23(27-17(3)28-24)29-19-5-7-20(8-6-19)31-34(32,33)21-9-4-18(25)13-16(21)2/h4-14,31H,1-3H3,(H2,26,27,28,29,30). The summed E-state index contributed by atoms with van der Waals surface area (Å²) in [6, 6.07) is 15.8. The van der Waals surface area contributed by atoms with Gasteiger partial charge in [0.15, 0.2) is 0 Å². The SMILES string of the molecule is Cc1ccnc(Nc2cc(Nc3ccc(NS(=O)(=O)c4ccc(F)cc4C)cc3)nc(C)n2)c1. The molecule has 0 bridgehead atoms. The molecule has 0 atom stereocenters. The summed E-state index contributed by atoms with van der Waals surface area (Å²) in [5.41, 5.74) is 2.49. The van der Waals surface area contributed by atoms with Crippen molar-refractivity contribution in [1.82, 2.24) is 15.0 Å². The van der Waals surface area contributed by atoms with Crippen LogP contribution in [0.3, 0.4) is 0 Å². The minimum atomic E-state index is -3.85. The number of aryl methyl sites for hydroxylation is 3. The first-order valence-corrected chi connectivity index (χ1v) is 11.9. The molecule has 0 unspecified atom stereocenters. The summed E-state index contributed by atoms with van der Waals surface area (Å²) in [5.74, 6) is 1.92. The lowest BCUT2D eigenvalue weighted by molar-refractivity contribution is 0.598. The van der Waals surface area contributed by atoms with Gasteiger partial charge in [-0.15, -0.1) is 0 Å². The van der Waals surface area contributed by atoms with Gasteiger partial charge in [0.2, 0.25) is 0 Å². The predicted octanol–water partition coefficient (Wildman–Crippen LogP) is 5.22. The third-order valence-corrected chi connectivity index (χ3v) is 6.39. The fourth-order valence-corrected chi connectivity index (χ4v) is 4.61. The van der Waals surface area contributed by atoms with Crippen molar-refractivity contribution in [3.63, 3.8) is 0 Å². The van der Waals surface area contributed by atoms with Crippen LogP contribution in [0.15, 0.2) is 71.8 Å². The smallest absolute Gasteiger partial charge is 0.262 e. The number of halogens is 1. The Morgan fingerprint density at radius 2 is 1.44 bits per heavy atom. The number of anilines is 5. The molecule has 0 aliphatic rings. The van der Waals surface area contributed by atoms with Crippen molar-refractivity contribution >= 4 is 38.9 Å². The van der Waals surface area contributed by atoms with Crippen LogP contribution in [0.25, 0.3) is 0 Å². The van der Waals surface area contributed by atoms with E-state index in [0.29, 0.717) is 40.2 Å². The Hall–Kier alpha value is -4.05. The van der Waals surface area contributed by atoms with Crippen LogP contribution in [-0.2, 0) is 10.0 Å². The second-order valence-electron chi connectivity index (χ2n) is 7.75. The molecule has 0 saturated heterocycles. The lowest BCUT2D eigenvalue weighted by atomic mass is 10.2. The Bertz CT molecular complexity index is 1440. The Morgan fingerprint density at radius 1 is 0.765 bits per heavy atom. The molecule has 2 aromatic heterocycles. The maximum atomic E-state index is 13.3. The topological polar surface area (TPSA) is 109 Å². The summed E-state index contributed by atoms with van der Waals surface area (Å²) >= 11 is 0. The molecule has 3 N–H and O–H groups in total. The number of hydrogen-bond acceptors (Lipinski definition) is 7. The second kappa shape index (κ2) is 9.44. The van der Waals surface area contributed by atoms with Crippen LogP contribution in [0, 0.1) is 26.6 Å². The Kier molecular flexibility index (Phi) is 6.42. The highest BCUT2D eigenvalue weighted by Crippen LogP contribution is 2.24. The van der Waals surface area contributed by atoms with Crippen molar-refractivity contribution < 1.29 is 12.8 Å². The minimum Gasteiger partial charge on any atom is -0.340 e. The van der Waals surface area contributed by atoms with E-state index in [1.807, 2.05) is 19.1 Å². The summed E-state index contributed by atoms with van der Waals surface area (Å²) in [5, 5.41) is 6.36. The van der Waals surface area contributed by atoms with Crippen LogP contribution >= 0.6 is 0 Å². The molecule has 8 nitrogen and oxygen atoms in total. The predicted molar refractivity (Wildman–Crippen MR) is 131 cm³/mol. The van der Waals surface area contributed by atoms with Gasteiger partial charge in [-0.2, -0.15) is 0 Å². The van der Waals surface area contributed by atoms with E-state index in [1.165, 1.54) is 12.1 Å². The zero-order valence-electron chi connectivity index (χ0n) is 18.8. The summed E-state index contributed by atoms with van der Waals surface area (Å²) in [6.45, 7) is 5.32. The van der Waals surface area contributed by atoms with E-state index in [0.717, 1.165) is 11.6 Å². The first kappa shape index (κ1) is 23.1. The molecule has 174 valence electrons. The number of aromatic nitrogens is 3. The molecule has 2 aromatic carbocycles. The highest BCUT2D eigenvalue weighted by Gasteiger charge is 2.17. The van der Waals surface area contributed by atoms with Crippen molar-refractivity contribution in [3.8, 4) is 0 Å². The number of pyridine rings is 1. The van der Waals surface area contributed by atoms with Gasteiger partial charge in [-0.25, -0.2) is 27.8 Å². The van der Waals surface area contributed by atoms with E-state index in [1.54, 1.807) is 50.4 Å². The van der Waals surface area contributed by atoms with Gasteiger partial charge in [-0.3, -0.25) is 4.72 Å². The monoisotopic (exact) mass is 478 g/mol. The van der Waals surface area contributed by atoms with Gasteiger partial charge < -0.3 is 10.6 Å². The molecule has 0 radical (unpaired) electrons. The summed E-state index contributed by atoms with van der Waals surface area (Å²) in [7, 11) is -3.85. The average Bonchev–Trinajstić information content (AvgIpc) is 2.74. The number of nitrogens with zero attached hydrogens (tertiary/aromatic N) is 3. The lowest BCUT2D eigenvalue weighted by Crippen LogP contribution is -2.14. The average molecular weight is 479 g/mol. The molecule has 0 saturated carbocycles. The number of rotatable bonds is 7. The van der Waals surface area contributed by atoms with Gasteiger partial charge >= 0.3 is 0 Å². The van der Waals surface area contributed by atoms with Crippen molar-refractivity contribution in [2.75, 3.05) is 15.4 Å². The van der Waals surface area contributed by atoms with Crippen molar-refractivity contribution in [3.05, 3.63) is 89.6 Å². The molecular weight excluding hydrogens is 455 g/mol. The highest BCUT2D eigenvalue weighted by molar-refractivity contribution is 7.92. The van der Waals surface area contributed by atoms with E-state index < -0.39 is 15.8 Å². The zero-order valence-corrected chi connectivity index (χ0v) is 19.6. The van der Waals surface area contributed by atoms with Gasteiger partial charge in [-0.1, -0.05) is 0 Å². The first-order valence-electron chi connectivity index (χ1n) is 10.4. The van der Waals surface area contributed by atoms with Crippen LogP contribution in [0.5, 0.6) is 0 Å². The molecule has 0 fully saturated rings. The minimum absolute atomic E-state index is 0.0238. The van der Waals surface area contributed by atoms with Crippen LogP contribution in [0.4, 0.5) is 33.2 Å². The van der Waals surface area contributed by atoms with Crippen LogP contribution in [0.2, 0.25) is 0 Å². The van der Waals surface area contributed by atoms with Gasteiger partial charge in [-0.05, 0) is 86.5 Å². The van der Waals surface area contributed by atoms with E-state index in [2.05, 4.69) is 30.3 Å². The normalized spacial score (nSPS) is 11.2. The summed E-state index contributed by atoms with van der Waals surface area (Å²) in [6.07, 6.45) is 1.72. The van der Waals surface area contributed by atoms with E-state index in [4.69, 9.17) is 0 Å². The molecule has 34 heavy (non-hydrogen) atoms. The van der Waals surface area contributed by atoms with E-state index in [9.17, 15) is 12.8 Å². The fraction of sp³-hybridized carbons (Fsp3) is 0.125. The summed E-state index contributed by atoms with van der Waals surface area (Å²) in [4.78, 5) is 13.1. The Morgan fingerprint density at radius 3 is 2.12 bits per heavy atom. The van der Waals surface area contributed by atoms with Crippen LogP contribution in [0.1, 0.15) is 17.0 Å². The number of nitrogens with one attached hydrogen (secondary N) is 3. The lowest BCUT2D eigenvalue weighted by Gasteiger charge is -2.12. The van der Waals surface area contributed by atoms with Gasteiger partial charge in [0.25, 0.3) is 10.0 Å².